The molecule has 0 aliphatic heterocycles. The lowest BCUT2D eigenvalue weighted by Gasteiger charge is -2.10. The summed E-state index contributed by atoms with van der Waals surface area (Å²) in [5, 5.41) is 2.29. The Hall–Kier alpha value is -2.03. The van der Waals surface area contributed by atoms with Crippen molar-refractivity contribution in [1.29, 1.82) is 0 Å². The summed E-state index contributed by atoms with van der Waals surface area (Å²) < 4.78 is 5.80. The third kappa shape index (κ3) is 3.47. The van der Waals surface area contributed by atoms with Crippen molar-refractivity contribution < 1.29 is 9.53 Å². The second kappa shape index (κ2) is 6.23. The van der Waals surface area contributed by atoms with Crippen LogP contribution in [0.5, 0.6) is 5.75 Å². The molecule has 3 nitrogen and oxygen atoms in total. The maximum Gasteiger partial charge on any atom is 0.220 e. The highest BCUT2D eigenvalue weighted by Crippen LogP contribution is 2.25. The van der Waals surface area contributed by atoms with E-state index in [4.69, 9.17) is 10.5 Å². The van der Waals surface area contributed by atoms with Crippen LogP contribution in [0.3, 0.4) is 0 Å². The van der Waals surface area contributed by atoms with Crippen LogP contribution in [-0.2, 0) is 4.79 Å². The van der Waals surface area contributed by atoms with Crippen molar-refractivity contribution in [2.75, 3.05) is 6.61 Å². The van der Waals surface area contributed by atoms with E-state index in [1.54, 1.807) is 0 Å². The van der Waals surface area contributed by atoms with Crippen LogP contribution in [0, 0.1) is 5.92 Å². The molecule has 0 fully saturated rings. The first-order valence-electron chi connectivity index (χ1n) is 6.58. The largest absolute Gasteiger partial charge is 0.493 e. The van der Waals surface area contributed by atoms with Crippen molar-refractivity contribution in [3.63, 3.8) is 0 Å². The van der Waals surface area contributed by atoms with Gasteiger partial charge in [0, 0.05) is 11.3 Å². The van der Waals surface area contributed by atoms with E-state index in [1.165, 1.54) is 5.39 Å². The van der Waals surface area contributed by atoms with Crippen LogP contribution in [0.2, 0.25) is 0 Å². The van der Waals surface area contributed by atoms with E-state index >= 15 is 0 Å². The van der Waals surface area contributed by atoms with Gasteiger partial charge in [-0.05, 0) is 24.3 Å². The number of benzene rings is 2. The van der Waals surface area contributed by atoms with Gasteiger partial charge in [0.2, 0.25) is 5.91 Å². The molecule has 0 bridgehead atoms. The molecule has 0 saturated carbocycles. The summed E-state index contributed by atoms with van der Waals surface area (Å²) in [6.45, 7) is 2.45. The lowest BCUT2D eigenvalue weighted by Crippen LogP contribution is -2.20. The van der Waals surface area contributed by atoms with Crippen LogP contribution in [0.1, 0.15) is 19.8 Å². The smallest absolute Gasteiger partial charge is 0.220 e. The summed E-state index contributed by atoms with van der Waals surface area (Å²) in [7, 11) is 0. The zero-order valence-corrected chi connectivity index (χ0v) is 11.1. The summed E-state index contributed by atoms with van der Waals surface area (Å²) in [5.41, 5.74) is 5.22. The molecule has 0 aliphatic carbocycles. The molecule has 0 spiro atoms. The first-order chi connectivity index (χ1) is 9.18. The Morgan fingerprint density at radius 3 is 2.74 bits per heavy atom. The number of rotatable bonds is 6. The second-order valence-corrected chi connectivity index (χ2v) is 4.77. The van der Waals surface area contributed by atoms with Crippen molar-refractivity contribution in [1.82, 2.24) is 0 Å². The van der Waals surface area contributed by atoms with E-state index in [1.807, 2.05) is 31.2 Å². The van der Waals surface area contributed by atoms with Gasteiger partial charge in [-0.1, -0.05) is 43.3 Å². The van der Waals surface area contributed by atoms with E-state index in [-0.39, 0.29) is 11.8 Å². The van der Waals surface area contributed by atoms with Crippen LogP contribution < -0.4 is 10.5 Å². The minimum Gasteiger partial charge on any atom is -0.493 e. The maximum atomic E-state index is 10.9. The van der Waals surface area contributed by atoms with Crippen LogP contribution in [0.4, 0.5) is 0 Å². The molecule has 19 heavy (non-hydrogen) atoms. The van der Waals surface area contributed by atoms with Gasteiger partial charge < -0.3 is 10.5 Å². The number of fused-ring (bicyclic) bond motifs is 1. The molecule has 0 saturated heterocycles. The molecule has 2 N–H and O–H groups in total. The maximum absolute atomic E-state index is 10.9. The summed E-state index contributed by atoms with van der Waals surface area (Å²) >= 11 is 0. The van der Waals surface area contributed by atoms with Crippen LogP contribution >= 0.6 is 0 Å². The van der Waals surface area contributed by atoms with Gasteiger partial charge in [0.25, 0.3) is 0 Å². The molecule has 0 aliphatic rings. The first kappa shape index (κ1) is 13.4. The molecule has 1 amide bonds. The number of hydrogen-bond acceptors (Lipinski definition) is 2. The van der Waals surface area contributed by atoms with E-state index in [0.29, 0.717) is 6.61 Å². The van der Waals surface area contributed by atoms with Gasteiger partial charge in [-0.3, -0.25) is 4.79 Å². The predicted octanol–water partition coefficient (Wildman–Crippen LogP) is 3.12. The molecule has 3 heteroatoms. The predicted molar refractivity (Wildman–Crippen MR) is 77.0 cm³/mol. The average Bonchev–Trinajstić information content (AvgIpc) is 2.43. The molecular weight excluding hydrogens is 238 g/mol. The number of carbonyl (C=O) groups is 1. The van der Waals surface area contributed by atoms with Gasteiger partial charge in [-0.15, -0.1) is 0 Å². The first-order valence-corrected chi connectivity index (χ1v) is 6.58. The third-order valence-electron chi connectivity index (χ3n) is 3.27. The molecular formula is C16H19NO2. The standard InChI is InChI=1S/C16H19NO2/c1-12(16(17)18)6-5-11-19-15-10-4-8-13-7-2-3-9-14(13)15/h2-4,7-10,12H,5-6,11H2,1H3,(H2,17,18). The Labute approximate surface area is 113 Å². The number of ether oxygens (including phenoxy) is 1. The quantitative estimate of drug-likeness (QED) is 0.808. The van der Waals surface area contributed by atoms with E-state index in [2.05, 4.69) is 18.2 Å². The van der Waals surface area contributed by atoms with Gasteiger partial charge in [-0.2, -0.15) is 0 Å². The molecule has 0 radical (unpaired) electrons. The Morgan fingerprint density at radius 1 is 1.21 bits per heavy atom. The monoisotopic (exact) mass is 257 g/mol. The third-order valence-corrected chi connectivity index (χ3v) is 3.27. The van der Waals surface area contributed by atoms with Gasteiger partial charge >= 0.3 is 0 Å². The molecule has 0 heterocycles. The normalized spacial score (nSPS) is 12.3. The van der Waals surface area contributed by atoms with Crippen LogP contribution in [0.25, 0.3) is 10.8 Å². The number of hydrogen-bond donors (Lipinski definition) is 1. The SMILES string of the molecule is CC(CCCOc1cccc2ccccc12)C(N)=O. The number of primary amides is 1. The number of carbonyl (C=O) groups excluding carboxylic acids is 1. The fourth-order valence-electron chi connectivity index (χ4n) is 2.04. The van der Waals surface area contributed by atoms with Gasteiger partial charge in [0.1, 0.15) is 5.75 Å². The molecule has 2 aromatic carbocycles. The van der Waals surface area contributed by atoms with Crippen molar-refractivity contribution in [2.24, 2.45) is 11.7 Å². The highest BCUT2D eigenvalue weighted by atomic mass is 16.5. The van der Waals surface area contributed by atoms with Crippen molar-refractivity contribution >= 4 is 16.7 Å². The summed E-state index contributed by atoms with van der Waals surface area (Å²) in [4.78, 5) is 10.9. The molecule has 100 valence electrons. The van der Waals surface area contributed by atoms with Crippen LogP contribution in [-0.4, -0.2) is 12.5 Å². The molecule has 0 aromatic heterocycles. The highest BCUT2D eigenvalue weighted by Gasteiger charge is 2.08. The van der Waals surface area contributed by atoms with Crippen molar-refractivity contribution in [2.45, 2.75) is 19.8 Å². The van der Waals surface area contributed by atoms with Gasteiger partial charge in [0.05, 0.1) is 6.61 Å². The van der Waals surface area contributed by atoms with Gasteiger partial charge in [-0.25, -0.2) is 0 Å². The molecule has 2 rings (SSSR count). The minimum atomic E-state index is -0.245. The fraction of sp³-hybridized carbons (Fsp3) is 0.312. The van der Waals surface area contributed by atoms with Crippen molar-refractivity contribution in [3.8, 4) is 5.75 Å². The minimum absolute atomic E-state index is 0.0869. The van der Waals surface area contributed by atoms with E-state index < -0.39 is 0 Å². The lowest BCUT2D eigenvalue weighted by molar-refractivity contribution is -0.121. The molecule has 1 atom stereocenters. The zero-order chi connectivity index (χ0) is 13.7. The van der Waals surface area contributed by atoms with Crippen molar-refractivity contribution in [3.05, 3.63) is 42.5 Å². The van der Waals surface area contributed by atoms with E-state index in [0.717, 1.165) is 24.0 Å². The summed E-state index contributed by atoms with van der Waals surface area (Å²) in [6.07, 6.45) is 1.59. The number of amides is 1. The topological polar surface area (TPSA) is 52.3 Å². The Balaban J connectivity index is 1.93. The summed E-state index contributed by atoms with van der Waals surface area (Å²) in [6, 6.07) is 14.2. The Morgan fingerprint density at radius 2 is 1.95 bits per heavy atom. The molecule has 2 aromatic rings. The summed E-state index contributed by atoms with van der Waals surface area (Å²) in [5.74, 6) is 0.561. The number of nitrogens with two attached hydrogens (primary N) is 1. The second-order valence-electron chi connectivity index (χ2n) is 4.77. The zero-order valence-electron chi connectivity index (χ0n) is 11.1. The lowest BCUT2D eigenvalue weighted by atomic mass is 10.1. The Bertz CT molecular complexity index is 560. The Kier molecular flexibility index (Phi) is 4.39. The van der Waals surface area contributed by atoms with Gasteiger partial charge in [0.15, 0.2) is 0 Å². The van der Waals surface area contributed by atoms with E-state index in [9.17, 15) is 4.79 Å². The highest BCUT2D eigenvalue weighted by molar-refractivity contribution is 5.88. The van der Waals surface area contributed by atoms with Crippen LogP contribution in [0.15, 0.2) is 42.5 Å². The molecule has 1 unspecified atom stereocenters. The fourth-order valence-corrected chi connectivity index (χ4v) is 2.04. The average molecular weight is 257 g/mol.